The summed E-state index contributed by atoms with van der Waals surface area (Å²) in [5.41, 5.74) is 4.69. The number of rotatable bonds is 8. The Bertz CT molecular complexity index is 1270. The molecule has 0 unspecified atom stereocenters. The molecule has 0 aliphatic rings. The molecule has 1 N–H and O–H groups in total. The summed E-state index contributed by atoms with van der Waals surface area (Å²) in [5, 5.41) is 7.55. The van der Waals surface area contributed by atoms with E-state index in [1.807, 2.05) is 42.8 Å². The molecule has 2 aromatic carbocycles. The lowest BCUT2D eigenvalue weighted by Crippen LogP contribution is -2.12. The summed E-state index contributed by atoms with van der Waals surface area (Å²) in [6.07, 6.45) is 0. The molecule has 33 heavy (non-hydrogen) atoms. The van der Waals surface area contributed by atoms with Crippen molar-refractivity contribution in [2.24, 2.45) is 0 Å². The molecule has 0 aliphatic heterocycles. The minimum absolute atomic E-state index is 0.201. The van der Waals surface area contributed by atoms with Crippen LogP contribution in [0.3, 0.4) is 0 Å². The molecule has 0 atom stereocenters. The fourth-order valence-corrected chi connectivity index (χ4v) is 3.61. The Morgan fingerprint density at radius 1 is 1.03 bits per heavy atom. The van der Waals surface area contributed by atoms with Crippen LogP contribution >= 0.6 is 0 Å². The van der Waals surface area contributed by atoms with Gasteiger partial charge in [-0.25, -0.2) is 0 Å². The summed E-state index contributed by atoms with van der Waals surface area (Å²) in [7, 11) is 1.60. The van der Waals surface area contributed by atoms with Crippen molar-refractivity contribution in [1.82, 2.24) is 9.78 Å². The van der Waals surface area contributed by atoms with Crippen LogP contribution in [0.5, 0.6) is 11.5 Å². The van der Waals surface area contributed by atoms with Crippen LogP contribution in [-0.4, -0.2) is 22.8 Å². The molecule has 0 spiro atoms. The Hall–Kier alpha value is -4.00. The number of ether oxygens (including phenoxy) is 2. The summed E-state index contributed by atoms with van der Waals surface area (Å²) < 4.78 is 18.5. The minimum atomic E-state index is -0.330. The van der Waals surface area contributed by atoms with E-state index in [0.29, 0.717) is 29.5 Å². The number of amides is 1. The number of furan rings is 1. The van der Waals surface area contributed by atoms with Gasteiger partial charge in [0.2, 0.25) is 0 Å². The number of nitrogens with zero attached hydrogens (tertiary/aromatic N) is 2. The highest BCUT2D eigenvalue weighted by atomic mass is 16.5. The monoisotopic (exact) mass is 445 g/mol. The highest BCUT2D eigenvalue weighted by Crippen LogP contribution is 2.23. The predicted octanol–water partition coefficient (Wildman–Crippen LogP) is 5.29. The Morgan fingerprint density at radius 3 is 2.61 bits per heavy atom. The maximum absolute atomic E-state index is 12.8. The Balaban J connectivity index is 1.41. The quantitative estimate of drug-likeness (QED) is 0.399. The number of anilines is 1. The lowest BCUT2D eigenvalue weighted by Gasteiger charge is -2.07. The number of aryl methyl sites for hydroxylation is 2. The second-order valence-electron chi connectivity index (χ2n) is 7.88. The lowest BCUT2D eigenvalue weighted by atomic mass is 10.1. The van der Waals surface area contributed by atoms with E-state index in [0.717, 1.165) is 17.0 Å². The molecule has 1 amide bonds. The summed E-state index contributed by atoms with van der Waals surface area (Å²) in [5.74, 6) is 1.80. The van der Waals surface area contributed by atoms with E-state index in [1.165, 1.54) is 5.56 Å². The molecule has 2 heterocycles. The van der Waals surface area contributed by atoms with Crippen LogP contribution in [0.2, 0.25) is 0 Å². The first-order chi connectivity index (χ1) is 15.9. The molecule has 0 saturated heterocycles. The molecule has 2 aromatic heterocycles. The van der Waals surface area contributed by atoms with Gasteiger partial charge in [-0.05, 0) is 50.6 Å². The second-order valence-corrected chi connectivity index (χ2v) is 7.88. The van der Waals surface area contributed by atoms with Gasteiger partial charge in [0.05, 0.1) is 30.7 Å². The van der Waals surface area contributed by atoms with Crippen LogP contribution in [0, 0.1) is 20.8 Å². The van der Waals surface area contributed by atoms with Crippen LogP contribution in [0.15, 0.2) is 65.1 Å². The van der Waals surface area contributed by atoms with Gasteiger partial charge in [0.15, 0.2) is 5.76 Å². The Labute approximate surface area is 192 Å². The molecule has 0 radical (unpaired) electrons. The van der Waals surface area contributed by atoms with Crippen molar-refractivity contribution < 1.29 is 18.7 Å². The zero-order valence-corrected chi connectivity index (χ0v) is 19.2. The number of aromatic nitrogens is 2. The van der Waals surface area contributed by atoms with E-state index in [2.05, 4.69) is 35.5 Å². The molecule has 170 valence electrons. The number of nitrogens with one attached hydrogen (secondary N) is 1. The molecule has 4 aromatic rings. The SMILES string of the molecule is COc1cccc(OCc2ccc(C(=O)Nc3c(C)nn(Cc4cccc(C)c4)c3C)o2)c1. The molecule has 4 rings (SSSR count). The summed E-state index contributed by atoms with van der Waals surface area (Å²) in [6, 6.07) is 19.0. The zero-order chi connectivity index (χ0) is 23.4. The van der Waals surface area contributed by atoms with Crippen LogP contribution in [0.1, 0.15) is 38.8 Å². The zero-order valence-electron chi connectivity index (χ0n) is 19.2. The average Bonchev–Trinajstić information content (AvgIpc) is 3.38. The summed E-state index contributed by atoms with van der Waals surface area (Å²) in [4.78, 5) is 12.8. The van der Waals surface area contributed by atoms with Crippen molar-refractivity contribution in [3.05, 3.63) is 94.7 Å². The molecule has 0 fully saturated rings. The van der Waals surface area contributed by atoms with E-state index in [4.69, 9.17) is 13.9 Å². The maximum Gasteiger partial charge on any atom is 0.291 e. The standard InChI is InChI=1S/C26H27N3O4/c1-17-7-5-8-20(13-17)15-29-19(3)25(18(2)28-29)27-26(30)24-12-11-23(33-24)16-32-22-10-6-9-21(14-22)31-4/h5-14H,15-16H2,1-4H3,(H,27,30). The van der Waals surface area contributed by atoms with Gasteiger partial charge >= 0.3 is 0 Å². The van der Waals surface area contributed by atoms with Gasteiger partial charge in [-0.3, -0.25) is 9.48 Å². The van der Waals surface area contributed by atoms with Crippen LogP contribution in [0.25, 0.3) is 0 Å². The summed E-state index contributed by atoms with van der Waals surface area (Å²) >= 11 is 0. The number of benzene rings is 2. The van der Waals surface area contributed by atoms with Gasteiger partial charge in [0.25, 0.3) is 5.91 Å². The molecular formula is C26H27N3O4. The first-order valence-corrected chi connectivity index (χ1v) is 10.7. The minimum Gasteiger partial charge on any atom is -0.497 e. The first kappa shape index (κ1) is 22.2. The smallest absolute Gasteiger partial charge is 0.291 e. The topological polar surface area (TPSA) is 78.5 Å². The highest BCUT2D eigenvalue weighted by molar-refractivity contribution is 6.02. The number of methoxy groups -OCH3 is 1. The first-order valence-electron chi connectivity index (χ1n) is 10.7. The number of hydrogen-bond acceptors (Lipinski definition) is 5. The van der Waals surface area contributed by atoms with Gasteiger partial charge < -0.3 is 19.2 Å². The van der Waals surface area contributed by atoms with E-state index in [1.54, 1.807) is 25.3 Å². The average molecular weight is 446 g/mol. The van der Waals surface area contributed by atoms with Crippen molar-refractivity contribution in [1.29, 1.82) is 0 Å². The summed E-state index contributed by atoms with van der Waals surface area (Å²) in [6.45, 7) is 6.73. The third-order valence-corrected chi connectivity index (χ3v) is 5.34. The molecule has 0 aliphatic carbocycles. The fraction of sp³-hybridized carbons (Fsp3) is 0.231. The van der Waals surface area contributed by atoms with Crippen molar-refractivity contribution in [2.45, 2.75) is 33.9 Å². The maximum atomic E-state index is 12.8. The number of hydrogen-bond donors (Lipinski definition) is 1. The number of carbonyl (C=O) groups excluding carboxylic acids is 1. The molecular weight excluding hydrogens is 418 g/mol. The normalized spacial score (nSPS) is 10.8. The van der Waals surface area contributed by atoms with Gasteiger partial charge in [0.1, 0.15) is 23.9 Å². The van der Waals surface area contributed by atoms with Gasteiger partial charge in [-0.2, -0.15) is 5.10 Å². The molecule has 0 bridgehead atoms. The van der Waals surface area contributed by atoms with Crippen LogP contribution in [0.4, 0.5) is 5.69 Å². The number of carbonyl (C=O) groups is 1. The van der Waals surface area contributed by atoms with E-state index < -0.39 is 0 Å². The fourth-order valence-electron chi connectivity index (χ4n) is 3.61. The van der Waals surface area contributed by atoms with Crippen LogP contribution in [-0.2, 0) is 13.2 Å². The third-order valence-electron chi connectivity index (χ3n) is 5.34. The van der Waals surface area contributed by atoms with Crippen molar-refractivity contribution >= 4 is 11.6 Å². The van der Waals surface area contributed by atoms with E-state index in [9.17, 15) is 4.79 Å². The lowest BCUT2D eigenvalue weighted by molar-refractivity contribution is 0.0992. The molecule has 0 saturated carbocycles. The van der Waals surface area contributed by atoms with Crippen molar-refractivity contribution in [3.8, 4) is 11.5 Å². The second kappa shape index (κ2) is 9.65. The Morgan fingerprint density at radius 2 is 1.82 bits per heavy atom. The Kier molecular flexibility index (Phi) is 6.49. The molecule has 7 nitrogen and oxygen atoms in total. The van der Waals surface area contributed by atoms with Gasteiger partial charge in [-0.15, -0.1) is 0 Å². The van der Waals surface area contributed by atoms with Crippen molar-refractivity contribution in [2.75, 3.05) is 12.4 Å². The van der Waals surface area contributed by atoms with Crippen LogP contribution < -0.4 is 14.8 Å². The third kappa shape index (κ3) is 5.26. The van der Waals surface area contributed by atoms with E-state index >= 15 is 0 Å². The predicted molar refractivity (Wildman–Crippen MR) is 126 cm³/mol. The molecule has 7 heteroatoms. The van der Waals surface area contributed by atoms with Crippen molar-refractivity contribution in [3.63, 3.8) is 0 Å². The van der Waals surface area contributed by atoms with E-state index in [-0.39, 0.29) is 18.3 Å². The highest BCUT2D eigenvalue weighted by Gasteiger charge is 2.18. The largest absolute Gasteiger partial charge is 0.497 e. The van der Waals surface area contributed by atoms with Gasteiger partial charge in [0, 0.05) is 6.07 Å². The van der Waals surface area contributed by atoms with Gasteiger partial charge in [-0.1, -0.05) is 35.9 Å².